The van der Waals surface area contributed by atoms with E-state index in [4.69, 9.17) is 9.40 Å². The molecule has 0 atom stereocenters. The lowest BCUT2D eigenvalue weighted by molar-refractivity contribution is 0.591. The first kappa shape index (κ1) is 35.5. The molecule has 0 unspecified atom stereocenters. The normalized spacial score (nSPS) is 13.2. The molecule has 12 aromatic rings. The maximum atomic E-state index is 6.72. The Morgan fingerprint density at radius 3 is 1.88 bits per heavy atom. The summed E-state index contributed by atoms with van der Waals surface area (Å²) in [6.07, 6.45) is 0. The van der Waals surface area contributed by atoms with E-state index in [2.05, 4.69) is 182 Å². The van der Waals surface area contributed by atoms with Gasteiger partial charge in [-0.3, -0.25) is 0 Å². The van der Waals surface area contributed by atoms with E-state index in [0.29, 0.717) is 5.92 Å². The molecule has 3 aromatic heterocycles. The topological polar surface area (TPSA) is 31.0 Å². The molecule has 0 bridgehead atoms. The van der Waals surface area contributed by atoms with E-state index in [-0.39, 0.29) is 10.8 Å². The van der Waals surface area contributed by atoms with Crippen molar-refractivity contribution in [3.63, 3.8) is 0 Å². The van der Waals surface area contributed by atoms with Gasteiger partial charge < -0.3 is 8.98 Å². The van der Waals surface area contributed by atoms with E-state index in [1.54, 1.807) is 0 Å². The lowest BCUT2D eigenvalue weighted by Gasteiger charge is -2.23. The second-order valence-corrected chi connectivity index (χ2v) is 19.8. The summed E-state index contributed by atoms with van der Waals surface area (Å²) in [5, 5.41) is 19.0. The Morgan fingerprint density at radius 1 is 0.517 bits per heavy atom. The van der Waals surface area contributed by atoms with Crippen LogP contribution in [0.15, 0.2) is 126 Å². The van der Waals surface area contributed by atoms with Crippen molar-refractivity contribution in [3.05, 3.63) is 144 Å². The van der Waals surface area contributed by atoms with E-state index in [9.17, 15) is 0 Å². The van der Waals surface area contributed by atoms with Crippen LogP contribution >= 0.6 is 0 Å². The second kappa shape index (κ2) is 11.9. The zero-order chi connectivity index (χ0) is 41.1. The van der Waals surface area contributed by atoms with Crippen LogP contribution in [-0.4, -0.2) is 9.55 Å². The van der Waals surface area contributed by atoms with Crippen LogP contribution in [0.25, 0.3) is 114 Å². The van der Waals surface area contributed by atoms with Crippen LogP contribution in [-0.2, 0) is 10.8 Å². The summed E-state index contributed by atoms with van der Waals surface area (Å²) < 4.78 is 9.26. The van der Waals surface area contributed by atoms with E-state index in [1.165, 1.54) is 103 Å². The molecule has 0 saturated carbocycles. The van der Waals surface area contributed by atoms with Crippen molar-refractivity contribution in [1.82, 2.24) is 9.55 Å². The molecule has 12 rings (SSSR count). The summed E-state index contributed by atoms with van der Waals surface area (Å²) in [6, 6.07) is 46.5. The van der Waals surface area contributed by atoms with Crippen molar-refractivity contribution in [2.75, 3.05) is 0 Å². The summed E-state index contributed by atoms with van der Waals surface area (Å²) in [4.78, 5) is 4.96. The number of furan rings is 1. The zero-order valence-electron chi connectivity index (χ0n) is 35.9. The van der Waals surface area contributed by atoms with Gasteiger partial charge in [-0.1, -0.05) is 116 Å². The minimum absolute atomic E-state index is 0.0170. The molecule has 0 aliphatic carbocycles. The van der Waals surface area contributed by atoms with Gasteiger partial charge in [0, 0.05) is 43.7 Å². The van der Waals surface area contributed by atoms with E-state index in [0.717, 1.165) is 33.1 Å². The zero-order valence-corrected chi connectivity index (χ0v) is 35.9. The molecule has 0 amide bonds. The molecule has 3 nitrogen and oxygen atoms in total. The predicted molar refractivity (Wildman–Crippen MR) is 258 cm³/mol. The van der Waals surface area contributed by atoms with Gasteiger partial charge in [0.1, 0.15) is 11.1 Å². The molecular weight excluding hydrogens is 729 g/mol. The van der Waals surface area contributed by atoms with Crippen LogP contribution in [0.1, 0.15) is 83.7 Å². The van der Waals surface area contributed by atoms with E-state index >= 15 is 0 Å². The van der Waals surface area contributed by atoms with Gasteiger partial charge in [0.25, 0.3) is 0 Å². The third-order valence-electron chi connectivity index (χ3n) is 13.6. The van der Waals surface area contributed by atoms with E-state index < -0.39 is 0 Å². The number of benzene rings is 9. The van der Waals surface area contributed by atoms with Crippen molar-refractivity contribution in [1.29, 1.82) is 0 Å². The first-order valence-electron chi connectivity index (χ1n) is 21.6. The Hall–Kier alpha value is -6.45. The molecule has 0 spiro atoms. The second-order valence-electron chi connectivity index (χ2n) is 19.8. The number of hydrogen-bond donors (Lipinski definition) is 0. The summed E-state index contributed by atoms with van der Waals surface area (Å²) in [5.41, 5.74) is 11.4. The number of fused-ring (bicyclic) bond motifs is 14. The number of pyridine rings is 1. The maximum Gasteiger partial charge on any atom is 0.153 e. The van der Waals surface area contributed by atoms with Crippen molar-refractivity contribution in [2.24, 2.45) is 0 Å². The Kier molecular flexibility index (Phi) is 7.01. The average Bonchev–Trinajstić information content (AvgIpc) is 3.76. The van der Waals surface area contributed by atoms with Gasteiger partial charge in [-0.05, 0) is 150 Å². The van der Waals surface area contributed by atoms with Crippen molar-refractivity contribution >= 4 is 109 Å². The summed E-state index contributed by atoms with van der Waals surface area (Å²) in [5.74, 6) is 0.309. The highest BCUT2D eigenvalue weighted by atomic mass is 16.3. The fraction of sp³-hybridized carbons (Fsp3) is 0.211. The van der Waals surface area contributed by atoms with Crippen LogP contribution in [0.2, 0.25) is 0 Å². The van der Waals surface area contributed by atoms with Crippen molar-refractivity contribution < 1.29 is 4.42 Å². The van der Waals surface area contributed by atoms with Crippen molar-refractivity contribution in [3.8, 4) is 5.69 Å². The van der Waals surface area contributed by atoms with Gasteiger partial charge in [-0.2, -0.15) is 0 Å². The largest absolute Gasteiger partial charge is 0.454 e. The summed E-state index contributed by atoms with van der Waals surface area (Å²) in [7, 11) is 0. The molecule has 9 aromatic carbocycles. The highest BCUT2D eigenvalue weighted by Gasteiger charge is 2.25. The minimum atomic E-state index is 0.0170. The Balaban J connectivity index is 1.23. The molecular formula is C57H48N2O. The molecule has 0 radical (unpaired) electrons. The average molecular weight is 777 g/mol. The highest BCUT2D eigenvalue weighted by Crippen LogP contribution is 2.49. The van der Waals surface area contributed by atoms with E-state index in [1.807, 2.05) is 6.07 Å². The predicted octanol–water partition coefficient (Wildman–Crippen LogP) is 16.5. The molecule has 0 saturated heterocycles. The number of hydrogen-bond acceptors (Lipinski definition) is 2. The molecule has 60 heavy (non-hydrogen) atoms. The van der Waals surface area contributed by atoms with Gasteiger partial charge in [-0.15, -0.1) is 0 Å². The van der Waals surface area contributed by atoms with Gasteiger partial charge in [0.2, 0.25) is 0 Å². The number of para-hydroxylation sites is 1. The molecule has 0 aliphatic heterocycles. The molecule has 0 N–H and O–H groups in total. The number of rotatable bonds is 2. The van der Waals surface area contributed by atoms with Crippen LogP contribution < -0.4 is 0 Å². The number of nitrogens with zero attached hydrogens (tertiary/aromatic N) is 2. The highest BCUT2D eigenvalue weighted by molar-refractivity contribution is 6.36. The standard InChI is InChI=1S/C57H48N2O/c1-30(2)41-28-47-51-32(24-48-53-50(60-55(47)48)23-14-31(3)58-53)15-19-40-52(51)45(41)29-46-39-12-10-11-13-49(39)59(54(40)46)35-18-22-37-36-20-16-33(56(4,5)6)25-42(36)38-21-17-34(57(7,8)9)26-43(38)44(37)27-35/h10-30H,1-9H3. The molecule has 3 heterocycles. The Morgan fingerprint density at radius 2 is 1.17 bits per heavy atom. The lowest BCUT2D eigenvalue weighted by atomic mass is 9.82. The molecule has 292 valence electrons. The first-order chi connectivity index (χ1) is 28.7. The van der Waals surface area contributed by atoms with Gasteiger partial charge in [0.05, 0.1) is 11.0 Å². The number of aromatic nitrogens is 2. The third-order valence-corrected chi connectivity index (χ3v) is 13.6. The maximum absolute atomic E-state index is 6.72. The van der Waals surface area contributed by atoms with Crippen LogP contribution in [0, 0.1) is 6.92 Å². The fourth-order valence-electron chi connectivity index (χ4n) is 10.5. The lowest BCUT2D eigenvalue weighted by Crippen LogP contribution is -2.11. The quantitative estimate of drug-likeness (QED) is 0.164. The monoisotopic (exact) mass is 776 g/mol. The molecule has 0 aliphatic rings. The minimum Gasteiger partial charge on any atom is -0.454 e. The smallest absolute Gasteiger partial charge is 0.153 e. The van der Waals surface area contributed by atoms with Crippen molar-refractivity contribution in [2.45, 2.75) is 79.1 Å². The third kappa shape index (κ3) is 4.81. The summed E-state index contributed by atoms with van der Waals surface area (Å²) >= 11 is 0. The van der Waals surface area contributed by atoms with Crippen LogP contribution in [0.5, 0.6) is 0 Å². The molecule has 3 heteroatoms. The van der Waals surface area contributed by atoms with Gasteiger partial charge in [0.15, 0.2) is 5.58 Å². The summed E-state index contributed by atoms with van der Waals surface area (Å²) in [6.45, 7) is 20.6. The van der Waals surface area contributed by atoms with Gasteiger partial charge >= 0.3 is 0 Å². The SMILES string of the molecule is Cc1ccc2oc3c(cc4ccc5c6c(cc7c8ccccc8n(-c8ccc9c%10ccc(C(C)(C)C)cc%10c%10ccc(C(C)(C)C)cc%10c9c8)c75)c(C(C)C)cc3c46)c2n1. The number of aryl methyl sites for hydroxylation is 1. The Bertz CT molecular complexity index is 3820. The fourth-order valence-corrected chi connectivity index (χ4v) is 10.5. The Labute approximate surface area is 349 Å². The molecule has 0 fully saturated rings. The van der Waals surface area contributed by atoms with Gasteiger partial charge in [-0.25, -0.2) is 4.98 Å². The van der Waals surface area contributed by atoms with Crippen LogP contribution in [0.4, 0.5) is 0 Å². The van der Waals surface area contributed by atoms with Crippen LogP contribution in [0.3, 0.4) is 0 Å². The first-order valence-corrected chi connectivity index (χ1v) is 21.6.